The molecule has 0 saturated carbocycles. The van der Waals surface area contributed by atoms with Crippen LogP contribution in [-0.2, 0) is 13.0 Å². The first-order valence-corrected chi connectivity index (χ1v) is 6.55. The van der Waals surface area contributed by atoms with Gasteiger partial charge in [0.25, 0.3) is 5.91 Å². The van der Waals surface area contributed by atoms with Gasteiger partial charge in [0.05, 0.1) is 0 Å². The molecule has 4 nitrogen and oxygen atoms in total. The van der Waals surface area contributed by atoms with Crippen LogP contribution in [0.5, 0.6) is 5.75 Å². The lowest BCUT2D eigenvalue weighted by molar-refractivity contribution is 0.0954. The van der Waals surface area contributed by atoms with Crippen molar-refractivity contribution >= 4 is 5.91 Å². The highest BCUT2D eigenvalue weighted by Gasteiger charge is 2.05. The molecule has 2 aromatic rings. The summed E-state index contributed by atoms with van der Waals surface area (Å²) in [5.41, 5.74) is 7.94. The lowest BCUT2D eigenvalue weighted by Gasteiger charge is -2.07. The van der Waals surface area contributed by atoms with Crippen LogP contribution in [0.3, 0.4) is 0 Å². The first-order chi connectivity index (χ1) is 9.70. The summed E-state index contributed by atoms with van der Waals surface area (Å²) in [5, 5.41) is 12.5. The van der Waals surface area contributed by atoms with Gasteiger partial charge in [-0.3, -0.25) is 4.79 Å². The number of benzene rings is 2. The molecule has 0 spiro atoms. The molecule has 0 aromatic heterocycles. The number of carbonyl (C=O) groups is 1. The van der Waals surface area contributed by atoms with Crippen molar-refractivity contribution < 1.29 is 9.90 Å². The molecule has 0 radical (unpaired) electrons. The summed E-state index contributed by atoms with van der Waals surface area (Å²) in [6.07, 6.45) is 0.597. The van der Waals surface area contributed by atoms with Gasteiger partial charge in [-0.25, -0.2) is 0 Å². The Labute approximate surface area is 118 Å². The Morgan fingerprint density at radius 1 is 1.10 bits per heavy atom. The molecule has 2 rings (SSSR count). The zero-order valence-electron chi connectivity index (χ0n) is 11.2. The van der Waals surface area contributed by atoms with Crippen molar-refractivity contribution in [3.05, 3.63) is 65.2 Å². The summed E-state index contributed by atoms with van der Waals surface area (Å²) >= 11 is 0. The van der Waals surface area contributed by atoms with Crippen LogP contribution in [0.4, 0.5) is 0 Å². The van der Waals surface area contributed by atoms with Gasteiger partial charge < -0.3 is 16.2 Å². The maximum Gasteiger partial charge on any atom is 0.251 e. The van der Waals surface area contributed by atoms with Gasteiger partial charge >= 0.3 is 0 Å². The Morgan fingerprint density at radius 2 is 1.80 bits per heavy atom. The minimum absolute atomic E-state index is 0.121. The number of rotatable bonds is 5. The molecule has 0 aliphatic heterocycles. The normalized spacial score (nSPS) is 10.2. The predicted molar refractivity (Wildman–Crippen MR) is 78.5 cm³/mol. The standard InChI is InChI=1S/C16H18N2O2/c17-11-12-5-7-14(8-6-12)16(20)18-10-9-13-3-1-2-4-15(13)19/h1-8,19H,9-11,17H2,(H,18,20). The smallest absolute Gasteiger partial charge is 0.251 e. The minimum atomic E-state index is -0.121. The van der Waals surface area contributed by atoms with Gasteiger partial charge in [-0.15, -0.1) is 0 Å². The van der Waals surface area contributed by atoms with Gasteiger partial charge in [-0.1, -0.05) is 30.3 Å². The summed E-state index contributed by atoms with van der Waals surface area (Å²) < 4.78 is 0. The van der Waals surface area contributed by atoms with E-state index in [-0.39, 0.29) is 11.7 Å². The Balaban J connectivity index is 1.87. The highest BCUT2D eigenvalue weighted by molar-refractivity contribution is 5.94. The molecule has 1 amide bonds. The van der Waals surface area contributed by atoms with Crippen LogP contribution in [0.2, 0.25) is 0 Å². The van der Waals surface area contributed by atoms with Crippen molar-refractivity contribution in [1.82, 2.24) is 5.32 Å². The predicted octanol–water partition coefficient (Wildman–Crippen LogP) is 1.82. The quantitative estimate of drug-likeness (QED) is 0.775. The zero-order chi connectivity index (χ0) is 14.4. The highest BCUT2D eigenvalue weighted by Crippen LogP contribution is 2.15. The second kappa shape index (κ2) is 6.73. The number of nitrogens with one attached hydrogen (secondary N) is 1. The maximum atomic E-state index is 11.9. The van der Waals surface area contributed by atoms with E-state index in [1.165, 1.54) is 0 Å². The van der Waals surface area contributed by atoms with Crippen LogP contribution >= 0.6 is 0 Å². The second-order valence-corrected chi connectivity index (χ2v) is 4.54. The largest absolute Gasteiger partial charge is 0.508 e. The third kappa shape index (κ3) is 3.59. The van der Waals surface area contributed by atoms with Crippen molar-refractivity contribution in [3.8, 4) is 5.75 Å². The molecule has 2 aromatic carbocycles. The van der Waals surface area contributed by atoms with E-state index < -0.39 is 0 Å². The summed E-state index contributed by atoms with van der Waals surface area (Å²) in [6, 6.07) is 14.3. The van der Waals surface area contributed by atoms with Gasteiger partial charge in [0, 0.05) is 18.7 Å². The van der Waals surface area contributed by atoms with Gasteiger partial charge in [0.1, 0.15) is 5.75 Å². The van der Waals surface area contributed by atoms with E-state index in [4.69, 9.17) is 5.73 Å². The SMILES string of the molecule is NCc1ccc(C(=O)NCCc2ccccc2O)cc1. The number of phenols is 1. The van der Waals surface area contributed by atoms with E-state index in [1.54, 1.807) is 24.3 Å². The molecule has 0 atom stereocenters. The van der Waals surface area contributed by atoms with Gasteiger partial charge in [0.15, 0.2) is 0 Å². The van der Waals surface area contributed by atoms with E-state index in [2.05, 4.69) is 5.32 Å². The van der Waals surface area contributed by atoms with E-state index in [0.29, 0.717) is 25.1 Å². The lowest BCUT2D eigenvalue weighted by atomic mass is 10.1. The molecule has 104 valence electrons. The van der Waals surface area contributed by atoms with Crippen LogP contribution in [0.15, 0.2) is 48.5 Å². The average molecular weight is 270 g/mol. The van der Waals surface area contributed by atoms with Gasteiger partial charge in [-0.2, -0.15) is 0 Å². The van der Waals surface area contributed by atoms with E-state index in [0.717, 1.165) is 11.1 Å². The van der Waals surface area contributed by atoms with E-state index >= 15 is 0 Å². The van der Waals surface area contributed by atoms with Crippen LogP contribution in [0, 0.1) is 0 Å². The fourth-order valence-electron chi connectivity index (χ4n) is 1.93. The average Bonchev–Trinajstić information content (AvgIpc) is 2.49. The molecule has 0 aliphatic carbocycles. The zero-order valence-corrected chi connectivity index (χ0v) is 11.2. The van der Waals surface area contributed by atoms with Crippen LogP contribution < -0.4 is 11.1 Å². The molecular formula is C16H18N2O2. The van der Waals surface area contributed by atoms with E-state index in [1.807, 2.05) is 24.3 Å². The Bertz CT molecular complexity index is 579. The van der Waals surface area contributed by atoms with E-state index in [9.17, 15) is 9.90 Å². The number of hydrogen-bond donors (Lipinski definition) is 3. The molecule has 0 fully saturated rings. The number of aromatic hydroxyl groups is 1. The summed E-state index contributed by atoms with van der Waals surface area (Å²) in [5.74, 6) is 0.137. The molecule has 0 bridgehead atoms. The highest BCUT2D eigenvalue weighted by atomic mass is 16.3. The molecule has 0 aliphatic rings. The molecular weight excluding hydrogens is 252 g/mol. The van der Waals surface area contributed by atoms with Crippen molar-refractivity contribution in [2.24, 2.45) is 5.73 Å². The second-order valence-electron chi connectivity index (χ2n) is 4.54. The van der Waals surface area contributed by atoms with Crippen LogP contribution in [0.1, 0.15) is 21.5 Å². The molecule has 0 saturated heterocycles. The number of hydrogen-bond acceptors (Lipinski definition) is 3. The number of para-hydroxylation sites is 1. The Morgan fingerprint density at radius 3 is 2.45 bits per heavy atom. The number of amides is 1. The van der Waals surface area contributed by atoms with Crippen molar-refractivity contribution in [1.29, 1.82) is 0 Å². The Hall–Kier alpha value is -2.33. The first kappa shape index (κ1) is 14.1. The molecule has 20 heavy (non-hydrogen) atoms. The fourth-order valence-corrected chi connectivity index (χ4v) is 1.93. The lowest BCUT2D eigenvalue weighted by Crippen LogP contribution is -2.25. The third-order valence-corrected chi connectivity index (χ3v) is 3.12. The number of phenolic OH excluding ortho intramolecular Hbond substituents is 1. The topological polar surface area (TPSA) is 75.4 Å². The van der Waals surface area contributed by atoms with Crippen LogP contribution in [-0.4, -0.2) is 17.6 Å². The Kier molecular flexibility index (Phi) is 4.74. The molecule has 0 heterocycles. The maximum absolute atomic E-state index is 11.9. The van der Waals surface area contributed by atoms with Crippen LogP contribution in [0.25, 0.3) is 0 Å². The summed E-state index contributed by atoms with van der Waals surface area (Å²) in [6.45, 7) is 0.949. The minimum Gasteiger partial charge on any atom is -0.508 e. The van der Waals surface area contributed by atoms with Crippen molar-refractivity contribution in [2.45, 2.75) is 13.0 Å². The third-order valence-electron chi connectivity index (χ3n) is 3.12. The van der Waals surface area contributed by atoms with Gasteiger partial charge in [0.2, 0.25) is 0 Å². The monoisotopic (exact) mass is 270 g/mol. The van der Waals surface area contributed by atoms with Crippen molar-refractivity contribution in [3.63, 3.8) is 0 Å². The molecule has 0 unspecified atom stereocenters. The summed E-state index contributed by atoms with van der Waals surface area (Å²) in [4.78, 5) is 11.9. The van der Waals surface area contributed by atoms with Gasteiger partial charge in [-0.05, 0) is 35.7 Å². The fraction of sp³-hybridized carbons (Fsp3) is 0.188. The number of nitrogens with two attached hydrogens (primary N) is 1. The molecule has 4 heteroatoms. The number of carbonyl (C=O) groups excluding carboxylic acids is 1. The first-order valence-electron chi connectivity index (χ1n) is 6.55. The summed E-state index contributed by atoms with van der Waals surface area (Å²) in [7, 11) is 0. The van der Waals surface area contributed by atoms with Crippen molar-refractivity contribution in [2.75, 3.05) is 6.54 Å². The molecule has 4 N–H and O–H groups in total.